The molecule has 4 rings (SSSR count). The summed E-state index contributed by atoms with van der Waals surface area (Å²) in [6.07, 6.45) is 2.45. The fourth-order valence-corrected chi connectivity index (χ4v) is 5.50. The van der Waals surface area contributed by atoms with E-state index in [-0.39, 0.29) is 24.5 Å². The number of aromatic nitrogens is 1. The van der Waals surface area contributed by atoms with Gasteiger partial charge in [-0.25, -0.2) is 9.79 Å². The summed E-state index contributed by atoms with van der Waals surface area (Å²) in [5.41, 5.74) is 1.21. The maximum atomic E-state index is 13.9. The number of methoxy groups -OCH3 is 2. The molecule has 222 valence electrons. The maximum Gasteiger partial charge on any atom is 0.338 e. The van der Waals surface area contributed by atoms with E-state index in [4.69, 9.17) is 18.9 Å². The largest absolute Gasteiger partial charge is 0.493 e. The average Bonchev–Trinajstić information content (AvgIpc) is 3.26. The summed E-state index contributed by atoms with van der Waals surface area (Å²) in [6, 6.07) is 10.4. The van der Waals surface area contributed by atoms with E-state index in [0.29, 0.717) is 50.2 Å². The highest BCUT2D eigenvalue weighted by Crippen LogP contribution is 2.36. The molecule has 2 heterocycles. The number of carbonyl (C=O) groups excluding carboxylic acids is 1. The van der Waals surface area contributed by atoms with Gasteiger partial charge in [-0.15, -0.1) is 0 Å². The van der Waals surface area contributed by atoms with Gasteiger partial charge in [-0.3, -0.25) is 19.5 Å². The molecule has 11 nitrogen and oxygen atoms in total. The zero-order chi connectivity index (χ0) is 30.4. The second kappa shape index (κ2) is 13.6. The molecule has 12 heteroatoms. The highest BCUT2D eigenvalue weighted by molar-refractivity contribution is 7.07. The topological polar surface area (TPSA) is 131 Å². The van der Waals surface area contributed by atoms with Gasteiger partial charge >= 0.3 is 5.97 Å². The molecule has 0 fully saturated rings. The number of fused-ring (bicyclic) bond motifs is 1. The van der Waals surface area contributed by atoms with Gasteiger partial charge in [-0.2, -0.15) is 0 Å². The summed E-state index contributed by atoms with van der Waals surface area (Å²) in [7, 11) is 3.03. The summed E-state index contributed by atoms with van der Waals surface area (Å²) in [5.74, 6) is 0.849. The van der Waals surface area contributed by atoms with Crippen LogP contribution in [0.4, 0.5) is 5.69 Å². The first-order chi connectivity index (χ1) is 20.1. The van der Waals surface area contributed by atoms with Gasteiger partial charge < -0.3 is 18.9 Å². The van der Waals surface area contributed by atoms with Crippen molar-refractivity contribution in [3.63, 3.8) is 0 Å². The minimum atomic E-state index is -0.873. The van der Waals surface area contributed by atoms with Crippen LogP contribution in [0.15, 0.2) is 63.5 Å². The summed E-state index contributed by atoms with van der Waals surface area (Å²) in [6.45, 7) is 6.67. The third-order valence-electron chi connectivity index (χ3n) is 6.60. The van der Waals surface area contributed by atoms with E-state index in [0.717, 1.165) is 17.8 Å². The number of carbonyl (C=O) groups is 1. The Kier molecular flexibility index (Phi) is 9.92. The Morgan fingerprint density at radius 3 is 2.62 bits per heavy atom. The van der Waals surface area contributed by atoms with Crippen molar-refractivity contribution in [2.24, 2.45) is 10.9 Å². The predicted molar refractivity (Wildman–Crippen MR) is 158 cm³/mol. The van der Waals surface area contributed by atoms with Crippen LogP contribution in [0, 0.1) is 16.0 Å². The Morgan fingerprint density at radius 2 is 1.93 bits per heavy atom. The summed E-state index contributed by atoms with van der Waals surface area (Å²) >= 11 is 1.13. The molecule has 0 saturated carbocycles. The van der Waals surface area contributed by atoms with Crippen molar-refractivity contribution >= 4 is 29.1 Å². The van der Waals surface area contributed by atoms with Crippen LogP contribution < -0.4 is 24.4 Å². The standard InChI is InChI=1S/C30H33N3O8S/c1-18(2)11-12-40-23-10-9-21(17-24(23)39-5)27-26(29(35)41-14-13-38-4)19(3)31-30-32(27)28(34)25(42-30)16-20-7-6-8-22(15-20)33(36)37/h6-10,15-18,27H,11-14H2,1-5H3/b25-16-. The summed E-state index contributed by atoms with van der Waals surface area (Å²) in [5, 5.41) is 11.3. The first-order valence-corrected chi connectivity index (χ1v) is 14.2. The number of rotatable bonds is 12. The number of ether oxygens (including phenoxy) is 4. The average molecular weight is 596 g/mol. The molecule has 0 amide bonds. The Hall–Kier alpha value is -4.29. The summed E-state index contributed by atoms with van der Waals surface area (Å²) < 4.78 is 23.8. The molecular weight excluding hydrogens is 562 g/mol. The van der Waals surface area contributed by atoms with Crippen LogP contribution in [0.25, 0.3) is 6.08 Å². The van der Waals surface area contributed by atoms with Gasteiger partial charge in [0.05, 0.1) is 47.1 Å². The Bertz CT molecular complexity index is 1690. The van der Waals surface area contributed by atoms with E-state index in [1.165, 1.54) is 30.9 Å². The number of non-ortho nitro benzene ring substituents is 1. The van der Waals surface area contributed by atoms with Crippen molar-refractivity contribution in [1.82, 2.24) is 4.57 Å². The van der Waals surface area contributed by atoms with Crippen molar-refractivity contribution < 1.29 is 28.7 Å². The van der Waals surface area contributed by atoms with Crippen molar-refractivity contribution in [3.05, 3.63) is 94.7 Å². The Labute approximate surface area is 246 Å². The Balaban J connectivity index is 1.85. The zero-order valence-electron chi connectivity index (χ0n) is 24.1. The number of benzene rings is 2. The first kappa shape index (κ1) is 30.7. The van der Waals surface area contributed by atoms with Crippen molar-refractivity contribution in [2.45, 2.75) is 33.2 Å². The number of esters is 1. The minimum absolute atomic E-state index is 0.0298. The monoisotopic (exact) mass is 595 g/mol. The van der Waals surface area contributed by atoms with Gasteiger partial charge in [0.2, 0.25) is 0 Å². The van der Waals surface area contributed by atoms with E-state index < -0.39 is 22.5 Å². The van der Waals surface area contributed by atoms with Crippen molar-refractivity contribution in [2.75, 3.05) is 34.0 Å². The van der Waals surface area contributed by atoms with Gasteiger partial charge in [0.25, 0.3) is 11.2 Å². The molecule has 0 bridgehead atoms. The fraction of sp³-hybridized carbons (Fsp3) is 0.367. The molecule has 3 aromatic rings. The van der Waals surface area contributed by atoms with Gasteiger partial charge in [0.1, 0.15) is 6.61 Å². The van der Waals surface area contributed by atoms with Gasteiger partial charge in [0.15, 0.2) is 16.3 Å². The molecule has 2 aromatic carbocycles. The van der Waals surface area contributed by atoms with Gasteiger partial charge in [-0.05, 0) is 48.6 Å². The molecule has 1 aromatic heterocycles. The van der Waals surface area contributed by atoms with Crippen LogP contribution in [0.1, 0.15) is 44.4 Å². The lowest BCUT2D eigenvalue weighted by Gasteiger charge is -2.25. The molecule has 1 unspecified atom stereocenters. The molecule has 42 heavy (non-hydrogen) atoms. The van der Waals surface area contributed by atoms with Gasteiger partial charge in [0, 0.05) is 19.2 Å². The van der Waals surface area contributed by atoms with Crippen molar-refractivity contribution in [1.29, 1.82) is 0 Å². The zero-order valence-corrected chi connectivity index (χ0v) is 24.9. The molecule has 0 aliphatic carbocycles. The summed E-state index contributed by atoms with van der Waals surface area (Å²) in [4.78, 5) is 43.0. The van der Waals surface area contributed by atoms with Crippen LogP contribution in [0.3, 0.4) is 0 Å². The van der Waals surface area contributed by atoms with E-state index in [9.17, 15) is 19.7 Å². The van der Waals surface area contributed by atoms with Crippen LogP contribution in [-0.2, 0) is 14.3 Å². The highest BCUT2D eigenvalue weighted by atomic mass is 32.1. The molecular formula is C30H33N3O8S. The van der Waals surface area contributed by atoms with E-state index in [1.807, 2.05) is 0 Å². The molecule has 1 aliphatic rings. The van der Waals surface area contributed by atoms with Crippen molar-refractivity contribution in [3.8, 4) is 11.5 Å². The highest BCUT2D eigenvalue weighted by Gasteiger charge is 2.34. The SMILES string of the molecule is COCCOC(=O)C1=C(C)N=c2s/c(=C\c3cccc([N+](=O)[O-])c3)c(=O)n2C1c1ccc(OCCC(C)C)c(OC)c1. The molecule has 0 spiro atoms. The normalized spacial score (nSPS) is 14.9. The number of hydrogen-bond acceptors (Lipinski definition) is 10. The minimum Gasteiger partial charge on any atom is -0.493 e. The number of nitrogens with zero attached hydrogens (tertiary/aromatic N) is 3. The number of nitro benzene ring substituents is 1. The molecule has 1 atom stereocenters. The predicted octanol–water partition coefficient (Wildman–Crippen LogP) is 3.77. The molecule has 1 aliphatic heterocycles. The molecule has 0 N–H and O–H groups in total. The quantitative estimate of drug-likeness (QED) is 0.134. The lowest BCUT2D eigenvalue weighted by Crippen LogP contribution is -2.40. The second-order valence-corrected chi connectivity index (χ2v) is 11.0. The third kappa shape index (κ3) is 6.77. The first-order valence-electron chi connectivity index (χ1n) is 13.4. The van der Waals surface area contributed by atoms with Crippen LogP contribution in [0.2, 0.25) is 0 Å². The number of allylic oxidation sites excluding steroid dienone is 1. The van der Waals surface area contributed by atoms with E-state index >= 15 is 0 Å². The third-order valence-corrected chi connectivity index (χ3v) is 7.58. The maximum absolute atomic E-state index is 13.9. The second-order valence-electron chi connectivity index (χ2n) is 10.0. The smallest absolute Gasteiger partial charge is 0.338 e. The van der Waals surface area contributed by atoms with Crippen LogP contribution in [0.5, 0.6) is 11.5 Å². The Morgan fingerprint density at radius 1 is 1.14 bits per heavy atom. The van der Waals surface area contributed by atoms with Crippen LogP contribution >= 0.6 is 11.3 Å². The molecule has 0 radical (unpaired) electrons. The van der Waals surface area contributed by atoms with Crippen LogP contribution in [-0.4, -0.2) is 49.5 Å². The lowest BCUT2D eigenvalue weighted by molar-refractivity contribution is -0.384. The number of thiazole rings is 1. The van der Waals surface area contributed by atoms with Gasteiger partial charge in [-0.1, -0.05) is 43.4 Å². The van der Waals surface area contributed by atoms with E-state index in [2.05, 4.69) is 18.8 Å². The molecule has 0 saturated heterocycles. The number of nitro groups is 1. The fourth-order valence-electron chi connectivity index (χ4n) is 4.45. The van der Waals surface area contributed by atoms with E-state index in [1.54, 1.807) is 43.3 Å². The lowest BCUT2D eigenvalue weighted by atomic mass is 9.95. The number of hydrogen-bond donors (Lipinski definition) is 0.